The zero-order valence-electron chi connectivity index (χ0n) is 4.34. The molecule has 0 unspecified atom stereocenters. The van der Waals surface area contributed by atoms with Gasteiger partial charge in [0.05, 0.1) is 0 Å². The van der Waals surface area contributed by atoms with Gasteiger partial charge in [-0.15, -0.1) is 0 Å². The van der Waals surface area contributed by atoms with E-state index in [1.165, 1.54) is 0 Å². The summed E-state index contributed by atoms with van der Waals surface area (Å²) < 4.78 is 4.53. The van der Waals surface area contributed by atoms with Crippen molar-refractivity contribution in [3.8, 4) is 0 Å². The molecule has 3 N–H and O–H groups in total. The molecule has 0 radical (unpaired) electrons. The van der Waals surface area contributed by atoms with Crippen LogP contribution >= 0.6 is 0 Å². The Morgan fingerprint density at radius 1 is 1.71 bits per heavy atom. The van der Waals surface area contributed by atoms with E-state index in [1.54, 1.807) is 0 Å². The van der Waals surface area contributed by atoms with Gasteiger partial charge in [0.15, 0.2) is 0 Å². The van der Waals surface area contributed by atoms with Gasteiger partial charge in [0, 0.05) is 0 Å². The smallest absolute Gasteiger partial charge is 0.402 e. The SMILES string of the molecule is NC(=O)O.[SiH3]O[SiH3]. The second kappa shape index (κ2) is 9.18. The minimum absolute atomic E-state index is 0.931. The normalized spacial score (nSPS) is 6.86. The second-order valence-corrected chi connectivity index (χ2v) is 4.01. The molecule has 0 aliphatic rings. The third-order valence-electron chi connectivity index (χ3n) is 0. The maximum atomic E-state index is 8.78. The average Bonchev–Trinajstić information content (AvgIpc) is 1.33. The molecule has 4 nitrogen and oxygen atoms in total. The maximum absolute atomic E-state index is 8.78. The Labute approximate surface area is 47.7 Å². The predicted molar refractivity (Wildman–Crippen MR) is 33.2 cm³/mol. The minimum atomic E-state index is -1.33. The summed E-state index contributed by atoms with van der Waals surface area (Å²) in [6.45, 7) is 0. The number of carbonyl (C=O) groups is 1. The summed E-state index contributed by atoms with van der Waals surface area (Å²) in [6.07, 6.45) is -1.33. The molecule has 44 valence electrons. The van der Waals surface area contributed by atoms with Gasteiger partial charge in [-0.1, -0.05) is 0 Å². The van der Waals surface area contributed by atoms with Crippen molar-refractivity contribution in [1.82, 2.24) is 0 Å². The molecule has 0 bridgehead atoms. The lowest BCUT2D eigenvalue weighted by molar-refractivity contribution is 0.205. The summed E-state index contributed by atoms with van der Waals surface area (Å²) in [6, 6.07) is 0. The first-order chi connectivity index (χ1) is 3.15. The highest BCUT2D eigenvalue weighted by atomic mass is 28.3. The van der Waals surface area contributed by atoms with Crippen LogP contribution in [0.1, 0.15) is 0 Å². The van der Waals surface area contributed by atoms with E-state index >= 15 is 0 Å². The van der Waals surface area contributed by atoms with Gasteiger partial charge in [-0.05, 0) is 0 Å². The molecule has 0 aliphatic heterocycles. The molecule has 0 saturated carbocycles. The Bertz CT molecular complexity index is 44.2. The first kappa shape index (κ1) is 9.83. The molecule has 6 heteroatoms. The van der Waals surface area contributed by atoms with Crippen LogP contribution in [0.25, 0.3) is 0 Å². The first-order valence-electron chi connectivity index (χ1n) is 1.53. The van der Waals surface area contributed by atoms with Crippen molar-refractivity contribution in [2.75, 3.05) is 0 Å². The number of hydrogen-bond donors (Lipinski definition) is 2. The fraction of sp³-hybridized carbons (Fsp3) is 0. The van der Waals surface area contributed by atoms with E-state index in [0.29, 0.717) is 0 Å². The van der Waals surface area contributed by atoms with E-state index in [4.69, 9.17) is 9.90 Å². The van der Waals surface area contributed by atoms with E-state index < -0.39 is 6.09 Å². The first-order valence-corrected chi connectivity index (χ1v) is 3.17. The van der Waals surface area contributed by atoms with Crippen molar-refractivity contribution in [3.63, 3.8) is 0 Å². The average molecular weight is 139 g/mol. The van der Waals surface area contributed by atoms with E-state index in [1.807, 2.05) is 0 Å². The zero-order valence-corrected chi connectivity index (χ0v) is 8.34. The lowest BCUT2D eigenvalue weighted by Crippen LogP contribution is -2.03. The van der Waals surface area contributed by atoms with Crippen LogP contribution < -0.4 is 5.73 Å². The topological polar surface area (TPSA) is 72.6 Å². The van der Waals surface area contributed by atoms with Gasteiger partial charge in [0.2, 0.25) is 0 Å². The van der Waals surface area contributed by atoms with Gasteiger partial charge in [-0.25, -0.2) is 4.79 Å². The summed E-state index contributed by atoms with van der Waals surface area (Å²) >= 11 is 0. The summed E-state index contributed by atoms with van der Waals surface area (Å²) in [4.78, 5) is 8.78. The van der Waals surface area contributed by atoms with Crippen LogP contribution in [0.3, 0.4) is 0 Å². The van der Waals surface area contributed by atoms with Gasteiger partial charge in [-0.3, -0.25) is 0 Å². The van der Waals surface area contributed by atoms with Crippen LogP contribution in [-0.4, -0.2) is 32.2 Å². The number of primary amides is 1. The Kier molecular flexibility index (Phi) is 12.9. The number of rotatable bonds is 0. The highest BCUT2D eigenvalue weighted by Crippen LogP contribution is 1.34. The predicted octanol–water partition coefficient (Wildman–Crippen LogP) is -2.81. The monoisotopic (exact) mass is 139 g/mol. The highest BCUT2D eigenvalue weighted by molar-refractivity contribution is 6.15. The lowest BCUT2D eigenvalue weighted by Gasteiger charge is -1.62. The molecule has 0 rings (SSSR count). The van der Waals surface area contributed by atoms with Crippen molar-refractivity contribution >= 4 is 27.1 Å². The standard InChI is InChI=1S/CH3NO2.H6OSi2/c2-1(3)4;2-1-3/h2H2,(H,3,4);2-3H3. The van der Waals surface area contributed by atoms with Crippen molar-refractivity contribution in [3.05, 3.63) is 0 Å². The molecule has 0 atom stereocenters. The van der Waals surface area contributed by atoms with Crippen LogP contribution in [0.2, 0.25) is 0 Å². The van der Waals surface area contributed by atoms with E-state index in [2.05, 4.69) is 9.85 Å². The molecule has 7 heavy (non-hydrogen) atoms. The van der Waals surface area contributed by atoms with Crippen LogP contribution in [0, 0.1) is 0 Å². The van der Waals surface area contributed by atoms with Gasteiger partial charge < -0.3 is 15.0 Å². The van der Waals surface area contributed by atoms with E-state index in [-0.39, 0.29) is 0 Å². The van der Waals surface area contributed by atoms with Crippen LogP contribution in [-0.2, 0) is 4.12 Å². The molecule has 0 spiro atoms. The number of nitrogens with two attached hydrogens (primary N) is 1. The van der Waals surface area contributed by atoms with Crippen molar-refractivity contribution in [1.29, 1.82) is 0 Å². The molecule has 0 fully saturated rings. The van der Waals surface area contributed by atoms with Crippen LogP contribution in [0.4, 0.5) is 4.79 Å². The number of carboxylic acid groups (broad SMARTS) is 1. The van der Waals surface area contributed by atoms with Gasteiger partial charge in [0.1, 0.15) is 21.0 Å². The molecule has 0 aromatic heterocycles. The molecule has 0 saturated heterocycles. The summed E-state index contributed by atoms with van der Waals surface area (Å²) in [7, 11) is 1.86. The minimum Gasteiger partial charge on any atom is -0.471 e. The van der Waals surface area contributed by atoms with Crippen molar-refractivity contribution in [2.45, 2.75) is 0 Å². The van der Waals surface area contributed by atoms with Crippen molar-refractivity contribution < 1.29 is 14.0 Å². The Hall–Kier alpha value is -0.336. The summed E-state index contributed by atoms with van der Waals surface area (Å²) in [5.41, 5.74) is 4.03. The van der Waals surface area contributed by atoms with Gasteiger partial charge >= 0.3 is 6.09 Å². The van der Waals surface area contributed by atoms with Crippen molar-refractivity contribution in [2.24, 2.45) is 5.73 Å². The molecular formula is CH9NO3Si2. The number of amides is 1. The molecule has 0 aromatic carbocycles. The Balaban J connectivity index is 0. The molecule has 0 aliphatic carbocycles. The maximum Gasteiger partial charge on any atom is 0.402 e. The fourth-order valence-corrected chi connectivity index (χ4v) is 0. The third-order valence-corrected chi connectivity index (χ3v) is 0. The zero-order chi connectivity index (χ0) is 6.28. The lowest BCUT2D eigenvalue weighted by atomic mass is 11.3. The van der Waals surface area contributed by atoms with Crippen LogP contribution in [0.5, 0.6) is 0 Å². The largest absolute Gasteiger partial charge is 0.471 e. The van der Waals surface area contributed by atoms with Gasteiger partial charge in [0.25, 0.3) is 0 Å². The molecular weight excluding hydrogens is 130 g/mol. The van der Waals surface area contributed by atoms with Crippen LogP contribution in [0.15, 0.2) is 0 Å². The van der Waals surface area contributed by atoms with E-state index in [9.17, 15) is 0 Å². The Morgan fingerprint density at radius 2 is 1.71 bits per heavy atom. The summed E-state index contributed by atoms with van der Waals surface area (Å²) in [5, 5.41) is 7.19. The molecule has 0 aromatic rings. The Morgan fingerprint density at radius 3 is 1.71 bits per heavy atom. The fourth-order valence-electron chi connectivity index (χ4n) is 0. The molecule has 0 heterocycles. The van der Waals surface area contributed by atoms with Gasteiger partial charge in [-0.2, -0.15) is 0 Å². The van der Waals surface area contributed by atoms with E-state index in [0.717, 1.165) is 21.0 Å². The second-order valence-electron chi connectivity index (χ2n) is 0.746. The molecule has 1 amide bonds. The highest BCUT2D eigenvalue weighted by Gasteiger charge is 1.65. The third kappa shape index (κ3) is 672. The number of hydrogen-bond acceptors (Lipinski definition) is 2. The summed E-state index contributed by atoms with van der Waals surface area (Å²) in [5.74, 6) is 0. The quantitative estimate of drug-likeness (QED) is 0.356.